The molecule has 0 amide bonds. The Bertz CT molecular complexity index is 797. The van der Waals surface area contributed by atoms with E-state index in [0.29, 0.717) is 12.8 Å². The fraction of sp³-hybridized carbons (Fsp3) is 0.435. The van der Waals surface area contributed by atoms with E-state index >= 15 is 0 Å². The molecular weight excluding hydrogens is 368 g/mol. The number of ether oxygens (including phenoxy) is 1. The highest BCUT2D eigenvalue weighted by Gasteiger charge is 2.42. The molecule has 1 aliphatic rings. The maximum Gasteiger partial charge on any atom is 0.324 e. The summed E-state index contributed by atoms with van der Waals surface area (Å²) in [6, 6.07) is 19.4. The molecule has 0 bridgehead atoms. The van der Waals surface area contributed by atoms with Crippen molar-refractivity contribution >= 4 is 5.97 Å². The monoisotopic (exact) mass is 396 g/mol. The molecule has 0 spiro atoms. The van der Waals surface area contributed by atoms with Crippen LogP contribution < -0.4 is 0 Å². The standard InChI is InChI=1S/C23H28N2O4/c1-18(20-11-6-3-7-12-20)24-16-14-21(13-8-15-25(27)28)22(24)23(26)29-17-19-9-4-2-5-10-19/h2-7,9-12,18,21-22H,8,13-17H2,1H3/t18-,21+,22-/m0/s1. The molecular formula is C23H28N2O4. The van der Waals surface area contributed by atoms with E-state index in [4.69, 9.17) is 4.74 Å². The molecule has 2 aromatic carbocycles. The third-order valence-electron chi connectivity index (χ3n) is 5.72. The molecule has 1 aliphatic heterocycles. The summed E-state index contributed by atoms with van der Waals surface area (Å²) in [4.78, 5) is 25.7. The Balaban J connectivity index is 1.72. The molecule has 0 saturated carbocycles. The van der Waals surface area contributed by atoms with Crippen LogP contribution in [-0.4, -0.2) is 34.9 Å². The van der Waals surface area contributed by atoms with E-state index in [1.807, 2.05) is 48.5 Å². The van der Waals surface area contributed by atoms with Crippen LogP contribution in [0.4, 0.5) is 0 Å². The lowest BCUT2D eigenvalue weighted by atomic mass is 9.94. The first-order valence-corrected chi connectivity index (χ1v) is 10.2. The first-order chi connectivity index (χ1) is 14.1. The number of nitro groups is 1. The molecule has 0 N–H and O–H groups in total. The van der Waals surface area contributed by atoms with Crippen LogP contribution in [0.2, 0.25) is 0 Å². The van der Waals surface area contributed by atoms with Crippen LogP contribution in [0.25, 0.3) is 0 Å². The first-order valence-electron chi connectivity index (χ1n) is 10.2. The number of benzene rings is 2. The van der Waals surface area contributed by atoms with Gasteiger partial charge in [-0.2, -0.15) is 0 Å². The van der Waals surface area contributed by atoms with Crippen LogP contribution in [0.5, 0.6) is 0 Å². The van der Waals surface area contributed by atoms with Crippen molar-refractivity contribution in [2.45, 2.75) is 44.9 Å². The summed E-state index contributed by atoms with van der Waals surface area (Å²) in [6.45, 7) is 3.07. The van der Waals surface area contributed by atoms with Gasteiger partial charge < -0.3 is 4.74 Å². The van der Waals surface area contributed by atoms with Gasteiger partial charge in [-0.25, -0.2) is 0 Å². The second-order valence-electron chi connectivity index (χ2n) is 7.61. The van der Waals surface area contributed by atoms with Crippen LogP contribution in [-0.2, 0) is 16.1 Å². The fourth-order valence-corrected chi connectivity index (χ4v) is 4.17. The van der Waals surface area contributed by atoms with E-state index in [0.717, 1.165) is 24.1 Å². The highest BCUT2D eigenvalue weighted by Crippen LogP contribution is 2.35. The molecule has 3 atom stereocenters. The molecule has 1 fully saturated rings. The van der Waals surface area contributed by atoms with E-state index in [1.54, 1.807) is 0 Å². The summed E-state index contributed by atoms with van der Waals surface area (Å²) in [6.07, 6.45) is 1.98. The van der Waals surface area contributed by atoms with E-state index in [2.05, 4.69) is 24.0 Å². The summed E-state index contributed by atoms with van der Waals surface area (Å²) < 4.78 is 5.67. The van der Waals surface area contributed by atoms with Gasteiger partial charge in [0.05, 0.1) is 0 Å². The Hall–Kier alpha value is -2.73. The van der Waals surface area contributed by atoms with Crippen LogP contribution in [0.15, 0.2) is 60.7 Å². The normalized spacial score (nSPS) is 20.3. The number of nitrogens with zero attached hydrogens (tertiary/aromatic N) is 2. The molecule has 0 aliphatic carbocycles. The van der Waals surface area contributed by atoms with Gasteiger partial charge in [-0.1, -0.05) is 60.7 Å². The van der Waals surface area contributed by atoms with Crippen LogP contribution in [0, 0.1) is 16.0 Å². The Morgan fingerprint density at radius 3 is 2.48 bits per heavy atom. The number of carbonyl (C=O) groups excluding carboxylic acids is 1. The van der Waals surface area contributed by atoms with Crippen LogP contribution in [0.3, 0.4) is 0 Å². The smallest absolute Gasteiger partial charge is 0.324 e. The zero-order valence-corrected chi connectivity index (χ0v) is 16.8. The highest BCUT2D eigenvalue weighted by molar-refractivity contribution is 5.76. The van der Waals surface area contributed by atoms with Crippen molar-refractivity contribution in [3.63, 3.8) is 0 Å². The number of esters is 1. The summed E-state index contributed by atoms with van der Waals surface area (Å²) in [7, 11) is 0. The molecule has 1 heterocycles. The lowest BCUT2D eigenvalue weighted by Crippen LogP contribution is -2.42. The summed E-state index contributed by atoms with van der Waals surface area (Å²) >= 11 is 0. The summed E-state index contributed by atoms with van der Waals surface area (Å²) in [5.74, 6) is -0.162. The molecule has 3 rings (SSSR count). The maximum absolute atomic E-state index is 13.1. The maximum atomic E-state index is 13.1. The second-order valence-corrected chi connectivity index (χ2v) is 7.61. The van der Waals surface area contributed by atoms with Gasteiger partial charge in [0.2, 0.25) is 6.54 Å². The lowest BCUT2D eigenvalue weighted by molar-refractivity contribution is -0.480. The predicted molar refractivity (Wildman–Crippen MR) is 111 cm³/mol. The molecule has 154 valence electrons. The Morgan fingerprint density at radius 1 is 1.17 bits per heavy atom. The zero-order valence-electron chi connectivity index (χ0n) is 16.8. The van der Waals surface area contributed by atoms with Gasteiger partial charge in [0, 0.05) is 17.4 Å². The minimum atomic E-state index is -0.374. The Kier molecular flexibility index (Phi) is 7.36. The highest BCUT2D eigenvalue weighted by atomic mass is 16.6. The van der Waals surface area contributed by atoms with Crippen molar-refractivity contribution in [3.8, 4) is 0 Å². The van der Waals surface area contributed by atoms with Gasteiger partial charge in [-0.05, 0) is 43.4 Å². The average molecular weight is 396 g/mol. The van der Waals surface area contributed by atoms with Crippen molar-refractivity contribution in [2.75, 3.05) is 13.1 Å². The summed E-state index contributed by atoms with van der Waals surface area (Å²) in [5, 5.41) is 10.7. The third-order valence-corrected chi connectivity index (χ3v) is 5.72. The van der Waals surface area contributed by atoms with Crippen LogP contribution in [0.1, 0.15) is 43.4 Å². The van der Waals surface area contributed by atoms with Crippen molar-refractivity contribution in [3.05, 3.63) is 81.9 Å². The lowest BCUT2D eigenvalue weighted by Gasteiger charge is -2.31. The van der Waals surface area contributed by atoms with Gasteiger partial charge in [-0.15, -0.1) is 0 Å². The number of rotatable bonds is 9. The number of hydrogen-bond donors (Lipinski definition) is 0. The average Bonchev–Trinajstić information content (AvgIpc) is 3.16. The van der Waals surface area contributed by atoms with E-state index in [1.165, 1.54) is 0 Å². The van der Waals surface area contributed by atoms with E-state index in [-0.39, 0.29) is 42.0 Å². The van der Waals surface area contributed by atoms with Crippen molar-refractivity contribution < 1.29 is 14.5 Å². The number of hydrogen-bond acceptors (Lipinski definition) is 5. The second kappa shape index (κ2) is 10.2. The van der Waals surface area contributed by atoms with E-state index in [9.17, 15) is 14.9 Å². The first kappa shape index (κ1) is 21.0. The molecule has 0 aromatic heterocycles. The van der Waals surface area contributed by atoms with E-state index < -0.39 is 0 Å². The summed E-state index contributed by atoms with van der Waals surface area (Å²) in [5.41, 5.74) is 2.10. The predicted octanol–water partition coefficient (Wildman–Crippen LogP) is 4.24. The molecule has 2 aromatic rings. The Morgan fingerprint density at radius 2 is 1.83 bits per heavy atom. The quantitative estimate of drug-likeness (QED) is 0.360. The molecule has 1 saturated heterocycles. The SMILES string of the molecule is C[C@@H](c1ccccc1)N1CC[C@@H](CCC[N+](=O)[O-])[C@H]1C(=O)OCc1ccccc1. The molecule has 0 unspecified atom stereocenters. The zero-order chi connectivity index (χ0) is 20.6. The van der Waals surface area contributed by atoms with Gasteiger partial charge in [-0.3, -0.25) is 19.8 Å². The molecule has 6 heteroatoms. The minimum Gasteiger partial charge on any atom is -0.460 e. The van der Waals surface area contributed by atoms with Gasteiger partial charge >= 0.3 is 5.97 Å². The molecule has 6 nitrogen and oxygen atoms in total. The number of carbonyl (C=O) groups is 1. The third kappa shape index (κ3) is 5.64. The molecule has 29 heavy (non-hydrogen) atoms. The van der Waals surface area contributed by atoms with Gasteiger partial charge in [0.15, 0.2) is 0 Å². The number of likely N-dealkylation sites (tertiary alicyclic amines) is 1. The minimum absolute atomic E-state index is 0.0590. The van der Waals surface area contributed by atoms with Crippen molar-refractivity contribution in [1.29, 1.82) is 0 Å². The topological polar surface area (TPSA) is 72.7 Å². The Labute approximate surface area is 171 Å². The van der Waals surface area contributed by atoms with Crippen molar-refractivity contribution in [1.82, 2.24) is 4.90 Å². The van der Waals surface area contributed by atoms with Gasteiger partial charge in [0.1, 0.15) is 12.6 Å². The fourth-order valence-electron chi connectivity index (χ4n) is 4.17. The van der Waals surface area contributed by atoms with Crippen molar-refractivity contribution in [2.24, 2.45) is 5.92 Å². The van der Waals surface area contributed by atoms with Crippen LogP contribution >= 0.6 is 0 Å². The van der Waals surface area contributed by atoms with Gasteiger partial charge in [0.25, 0.3) is 0 Å². The largest absolute Gasteiger partial charge is 0.460 e. The molecule has 0 radical (unpaired) electrons.